The van der Waals surface area contributed by atoms with Crippen molar-refractivity contribution < 1.29 is 8.78 Å². The van der Waals surface area contributed by atoms with Crippen molar-refractivity contribution in [3.63, 3.8) is 0 Å². The van der Waals surface area contributed by atoms with Gasteiger partial charge in [0.15, 0.2) is 0 Å². The third-order valence-corrected chi connectivity index (χ3v) is 3.89. The quantitative estimate of drug-likeness (QED) is 0.917. The van der Waals surface area contributed by atoms with Crippen LogP contribution in [-0.2, 0) is 6.42 Å². The van der Waals surface area contributed by atoms with Crippen LogP contribution in [0.2, 0.25) is 0 Å². The van der Waals surface area contributed by atoms with Crippen molar-refractivity contribution in [2.24, 2.45) is 5.73 Å². The Hall–Kier alpha value is -1.39. The van der Waals surface area contributed by atoms with Gasteiger partial charge in [-0.3, -0.25) is 0 Å². The highest BCUT2D eigenvalue weighted by atomic mass is 32.2. The third kappa shape index (κ3) is 3.55. The van der Waals surface area contributed by atoms with Crippen LogP contribution in [0.15, 0.2) is 46.2 Å². The summed E-state index contributed by atoms with van der Waals surface area (Å²) in [6, 6.07) is 9.56. The molecule has 0 spiro atoms. The van der Waals surface area contributed by atoms with Gasteiger partial charge < -0.3 is 5.73 Å². The average molecular weight is 279 g/mol. The molecule has 0 unspecified atom stereocenters. The average Bonchev–Trinajstić information content (AvgIpc) is 2.36. The number of rotatable bonds is 4. The molecule has 2 N–H and O–H groups in total. The van der Waals surface area contributed by atoms with Crippen molar-refractivity contribution in [3.05, 3.63) is 59.2 Å². The molecule has 19 heavy (non-hydrogen) atoms. The first-order valence-corrected chi connectivity index (χ1v) is 6.84. The first-order chi connectivity index (χ1) is 9.10. The highest BCUT2D eigenvalue weighted by Crippen LogP contribution is 2.31. The van der Waals surface area contributed by atoms with E-state index in [1.807, 2.05) is 25.1 Å². The lowest BCUT2D eigenvalue weighted by Gasteiger charge is -2.08. The lowest BCUT2D eigenvalue weighted by atomic mass is 10.1. The van der Waals surface area contributed by atoms with E-state index in [4.69, 9.17) is 5.73 Å². The fourth-order valence-electron chi connectivity index (χ4n) is 1.85. The molecule has 2 aromatic rings. The summed E-state index contributed by atoms with van der Waals surface area (Å²) in [6.45, 7) is 2.62. The van der Waals surface area contributed by atoms with Crippen LogP contribution in [0.1, 0.15) is 11.1 Å². The zero-order chi connectivity index (χ0) is 13.8. The summed E-state index contributed by atoms with van der Waals surface area (Å²) in [6.07, 6.45) is 0.835. The third-order valence-electron chi connectivity index (χ3n) is 2.85. The summed E-state index contributed by atoms with van der Waals surface area (Å²) in [5.74, 6) is -1.09. The fourth-order valence-corrected chi connectivity index (χ4v) is 2.77. The summed E-state index contributed by atoms with van der Waals surface area (Å²) in [4.78, 5) is 1.36. The second kappa shape index (κ2) is 6.17. The van der Waals surface area contributed by atoms with Crippen LogP contribution < -0.4 is 5.73 Å². The molecule has 0 fully saturated rings. The van der Waals surface area contributed by atoms with Crippen molar-refractivity contribution in [2.45, 2.75) is 23.1 Å². The van der Waals surface area contributed by atoms with Crippen LogP contribution in [0.3, 0.4) is 0 Å². The van der Waals surface area contributed by atoms with Crippen LogP contribution in [0.4, 0.5) is 8.78 Å². The molecule has 100 valence electrons. The van der Waals surface area contributed by atoms with Crippen LogP contribution in [0.5, 0.6) is 0 Å². The van der Waals surface area contributed by atoms with Gasteiger partial charge in [0, 0.05) is 15.9 Å². The molecule has 0 heterocycles. The van der Waals surface area contributed by atoms with Gasteiger partial charge in [-0.05, 0) is 55.3 Å². The molecule has 4 heteroatoms. The fraction of sp³-hybridized carbons (Fsp3) is 0.200. The van der Waals surface area contributed by atoms with Crippen molar-refractivity contribution in [1.29, 1.82) is 0 Å². The van der Waals surface area contributed by atoms with Crippen LogP contribution in [0.25, 0.3) is 0 Å². The number of halogens is 2. The van der Waals surface area contributed by atoms with Crippen LogP contribution in [0, 0.1) is 18.6 Å². The van der Waals surface area contributed by atoms with Gasteiger partial charge >= 0.3 is 0 Å². The second-order valence-corrected chi connectivity index (χ2v) is 5.42. The predicted octanol–water partition coefficient (Wildman–Crippen LogP) is 3.93. The van der Waals surface area contributed by atoms with E-state index >= 15 is 0 Å². The van der Waals surface area contributed by atoms with Gasteiger partial charge in [0.1, 0.15) is 11.6 Å². The molecule has 0 radical (unpaired) electrons. The van der Waals surface area contributed by atoms with Crippen LogP contribution >= 0.6 is 11.8 Å². The molecule has 0 aromatic heterocycles. The maximum Gasteiger partial charge on any atom is 0.140 e. The minimum atomic E-state index is -0.559. The normalized spacial score (nSPS) is 10.7. The monoisotopic (exact) mass is 279 g/mol. The van der Waals surface area contributed by atoms with E-state index in [9.17, 15) is 8.78 Å². The number of hydrogen-bond acceptors (Lipinski definition) is 2. The Morgan fingerprint density at radius 1 is 1.11 bits per heavy atom. The minimum Gasteiger partial charge on any atom is -0.330 e. The smallest absolute Gasteiger partial charge is 0.140 e. The number of aryl methyl sites for hydroxylation is 1. The van der Waals surface area contributed by atoms with E-state index in [0.717, 1.165) is 22.9 Å². The van der Waals surface area contributed by atoms with Crippen molar-refractivity contribution >= 4 is 11.8 Å². The Kier molecular flexibility index (Phi) is 4.56. The minimum absolute atomic E-state index is 0.423. The van der Waals surface area contributed by atoms with Gasteiger partial charge in [-0.1, -0.05) is 17.8 Å². The molecule has 1 nitrogen and oxygen atoms in total. The van der Waals surface area contributed by atoms with Gasteiger partial charge in [0.25, 0.3) is 0 Å². The van der Waals surface area contributed by atoms with E-state index in [1.165, 1.54) is 29.5 Å². The van der Waals surface area contributed by atoms with Gasteiger partial charge in [-0.2, -0.15) is 0 Å². The molecule has 2 rings (SSSR count). The highest BCUT2D eigenvalue weighted by Gasteiger charge is 2.07. The maximum atomic E-state index is 13.6. The van der Waals surface area contributed by atoms with E-state index in [1.54, 1.807) is 0 Å². The number of benzene rings is 2. The van der Waals surface area contributed by atoms with Crippen molar-refractivity contribution in [2.75, 3.05) is 6.54 Å². The molecule has 0 saturated heterocycles. The van der Waals surface area contributed by atoms with E-state index < -0.39 is 11.6 Å². The van der Waals surface area contributed by atoms with Gasteiger partial charge in [-0.25, -0.2) is 8.78 Å². The van der Waals surface area contributed by atoms with Crippen molar-refractivity contribution in [1.82, 2.24) is 0 Å². The number of nitrogens with two attached hydrogens (primary N) is 1. The first kappa shape index (κ1) is 14.0. The largest absolute Gasteiger partial charge is 0.330 e. The Morgan fingerprint density at radius 3 is 2.53 bits per heavy atom. The van der Waals surface area contributed by atoms with Gasteiger partial charge in [-0.15, -0.1) is 0 Å². The summed E-state index contributed by atoms with van der Waals surface area (Å²) in [7, 11) is 0. The lowest BCUT2D eigenvalue weighted by Crippen LogP contribution is -2.03. The molecular weight excluding hydrogens is 264 g/mol. The summed E-state index contributed by atoms with van der Waals surface area (Å²) in [5.41, 5.74) is 7.87. The lowest BCUT2D eigenvalue weighted by molar-refractivity contribution is 0.565. The molecule has 0 aliphatic rings. The predicted molar refractivity (Wildman–Crippen MR) is 74.4 cm³/mol. The standard InChI is InChI=1S/C15H15F2NS/c1-10-8-13(4-2-11(10)6-7-18)19-15-5-3-12(16)9-14(15)17/h2-5,8-9H,6-7,18H2,1H3. The Labute approximate surface area is 115 Å². The van der Waals surface area contributed by atoms with Crippen molar-refractivity contribution in [3.8, 4) is 0 Å². The summed E-state index contributed by atoms with van der Waals surface area (Å²) in [5, 5.41) is 0. The molecule has 0 amide bonds. The topological polar surface area (TPSA) is 26.0 Å². The van der Waals surface area contributed by atoms with Crippen LogP contribution in [-0.4, -0.2) is 6.54 Å². The Balaban J connectivity index is 2.21. The zero-order valence-electron chi connectivity index (χ0n) is 10.6. The molecule has 0 atom stereocenters. The molecular formula is C15H15F2NS. The van der Waals surface area contributed by atoms with E-state index in [-0.39, 0.29) is 0 Å². The van der Waals surface area contributed by atoms with Gasteiger partial charge in [0.2, 0.25) is 0 Å². The zero-order valence-corrected chi connectivity index (χ0v) is 11.4. The Bertz CT molecular complexity index is 584. The maximum absolute atomic E-state index is 13.6. The SMILES string of the molecule is Cc1cc(Sc2ccc(F)cc2F)ccc1CCN. The molecule has 2 aromatic carbocycles. The summed E-state index contributed by atoms with van der Waals surface area (Å²) < 4.78 is 26.4. The number of hydrogen-bond donors (Lipinski definition) is 1. The molecule has 0 bridgehead atoms. The molecule has 0 aliphatic heterocycles. The summed E-state index contributed by atoms with van der Waals surface area (Å²) >= 11 is 1.29. The second-order valence-electron chi connectivity index (χ2n) is 4.30. The van der Waals surface area contributed by atoms with E-state index in [0.29, 0.717) is 11.4 Å². The molecule has 0 saturated carbocycles. The van der Waals surface area contributed by atoms with E-state index in [2.05, 4.69) is 0 Å². The molecule has 0 aliphatic carbocycles. The Morgan fingerprint density at radius 2 is 1.89 bits per heavy atom. The first-order valence-electron chi connectivity index (χ1n) is 6.02. The van der Waals surface area contributed by atoms with Gasteiger partial charge in [0.05, 0.1) is 0 Å². The highest BCUT2D eigenvalue weighted by molar-refractivity contribution is 7.99.